The highest BCUT2D eigenvalue weighted by molar-refractivity contribution is 6.18. The van der Waals surface area contributed by atoms with E-state index in [1.807, 2.05) is 0 Å². The van der Waals surface area contributed by atoms with Crippen molar-refractivity contribution in [3.63, 3.8) is 0 Å². The summed E-state index contributed by atoms with van der Waals surface area (Å²) in [7, 11) is 0. The van der Waals surface area contributed by atoms with Gasteiger partial charge in [0.05, 0.1) is 5.88 Å². The van der Waals surface area contributed by atoms with Crippen LogP contribution in [0.5, 0.6) is 0 Å². The van der Waals surface area contributed by atoms with Crippen LogP contribution >= 0.6 is 11.6 Å². The van der Waals surface area contributed by atoms with Crippen molar-refractivity contribution in [2.75, 3.05) is 5.88 Å². The van der Waals surface area contributed by atoms with Crippen molar-refractivity contribution in [1.29, 1.82) is 0 Å². The summed E-state index contributed by atoms with van der Waals surface area (Å²) in [6, 6.07) is 0. The molecule has 0 bridgehead atoms. The van der Waals surface area contributed by atoms with Gasteiger partial charge in [-0.3, -0.25) is 0 Å². The molecule has 1 aliphatic rings. The fraction of sp³-hybridized carbons (Fsp3) is 0.429. The first-order valence-corrected chi connectivity index (χ1v) is 3.51. The van der Waals surface area contributed by atoms with Gasteiger partial charge in [-0.1, -0.05) is 18.2 Å². The van der Waals surface area contributed by atoms with Gasteiger partial charge in [-0.25, -0.2) is 4.39 Å². The van der Waals surface area contributed by atoms with Crippen LogP contribution in [0.3, 0.4) is 0 Å². The van der Waals surface area contributed by atoms with Crippen LogP contribution in [-0.4, -0.2) is 22.8 Å². The molecule has 0 amide bonds. The normalized spacial score (nSPS) is 38.5. The van der Waals surface area contributed by atoms with Gasteiger partial charge in [-0.15, -0.1) is 11.6 Å². The average Bonchev–Trinajstić information content (AvgIpc) is 1.96. The average molecular weight is 163 g/mol. The molecule has 0 aromatic heterocycles. The summed E-state index contributed by atoms with van der Waals surface area (Å²) in [5.74, 6) is -0.213. The third kappa shape index (κ3) is 1.22. The highest BCUT2D eigenvalue weighted by Crippen LogP contribution is 2.24. The number of rotatable bonds is 1. The van der Waals surface area contributed by atoms with Crippen molar-refractivity contribution in [1.82, 2.24) is 0 Å². The zero-order valence-corrected chi connectivity index (χ0v) is 6.05. The first-order valence-electron chi connectivity index (χ1n) is 2.98. The molecule has 0 aromatic rings. The SMILES string of the molecule is OC1C=CC=CC1(F)CCl. The molecule has 10 heavy (non-hydrogen) atoms. The molecule has 0 spiro atoms. The van der Waals surface area contributed by atoms with Gasteiger partial charge in [0.25, 0.3) is 0 Å². The predicted octanol–water partition coefficient (Wildman–Crippen LogP) is 1.42. The maximum absolute atomic E-state index is 13.2. The molecule has 1 aliphatic carbocycles. The Bertz CT molecular complexity index is 178. The summed E-state index contributed by atoms with van der Waals surface area (Å²) >= 11 is 5.30. The Morgan fingerprint density at radius 1 is 1.60 bits per heavy atom. The molecule has 2 unspecified atom stereocenters. The molecule has 2 atom stereocenters. The molecular formula is C7H8ClFO. The van der Waals surface area contributed by atoms with E-state index >= 15 is 0 Å². The van der Waals surface area contributed by atoms with E-state index in [0.29, 0.717) is 0 Å². The zero-order valence-electron chi connectivity index (χ0n) is 5.30. The Kier molecular flexibility index (Phi) is 2.11. The van der Waals surface area contributed by atoms with Crippen LogP contribution < -0.4 is 0 Å². The predicted molar refractivity (Wildman–Crippen MR) is 38.8 cm³/mol. The van der Waals surface area contributed by atoms with Crippen LogP contribution in [0.1, 0.15) is 0 Å². The van der Waals surface area contributed by atoms with Crippen LogP contribution in [-0.2, 0) is 0 Å². The summed E-state index contributed by atoms with van der Waals surface area (Å²) in [5, 5.41) is 9.03. The molecule has 1 rings (SSSR count). The lowest BCUT2D eigenvalue weighted by molar-refractivity contribution is 0.0738. The minimum Gasteiger partial charge on any atom is -0.385 e. The molecule has 0 fully saturated rings. The highest BCUT2D eigenvalue weighted by Gasteiger charge is 2.33. The second-order valence-electron chi connectivity index (χ2n) is 2.25. The largest absolute Gasteiger partial charge is 0.385 e. The Balaban J connectivity index is 2.77. The van der Waals surface area contributed by atoms with E-state index in [1.54, 1.807) is 6.08 Å². The van der Waals surface area contributed by atoms with Crippen molar-refractivity contribution in [2.24, 2.45) is 0 Å². The van der Waals surface area contributed by atoms with Crippen molar-refractivity contribution in [2.45, 2.75) is 11.8 Å². The van der Waals surface area contributed by atoms with Gasteiger partial charge in [0.2, 0.25) is 0 Å². The monoisotopic (exact) mass is 162 g/mol. The topological polar surface area (TPSA) is 20.2 Å². The van der Waals surface area contributed by atoms with Gasteiger partial charge < -0.3 is 5.11 Å². The zero-order chi connectivity index (χ0) is 7.61. The number of allylic oxidation sites excluding steroid dienone is 2. The lowest BCUT2D eigenvalue weighted by atomic mass is 9.96. The lowest BCUT2D eigenvalue weighted by Crippen LogP contribution is -2.37. The van der Waals surface area contributed by atoms with Crippen LogP contribution in [0.15, 0.2) is 24.3 Å². The molecule has 0 saturated heterocycles. The number of aliphatic hydroxyl groups is 1. The van der Waals surface area contributed by atoms with E-state index in [2.05, 4.69) is 0 Å². The molecule has 0 heterocycles. The lowest BCUT2D eigenvalue weighted by Gasteiger charge is -2.24. The number of hydrogen-bond donors (Lipinski definition) is 1. The quantitative estimate of drug-likeness (QED) is 0.579. The molecule has 3 heteroatoms. The van der Waals surface area contributed by atoms with E-state index in [0.717, 1.165) is 0 Å². The van der Waals surface area contributed by atoms with Crippen molar-refractivity contribution in [3.05, 3.63) is 24.3 Å². The summed E-state index contributed by atoms with van der Waals surface area (Å²) in [6.07, 6.45) is 4.67. The van der Waals surface area contributed by atoms with Crippen molar-refractivity contribution < 1.29 is 9.50 Å². The number of alkyl halides is 2. The summed E-state index contributed by atoms with van der Waals surface area (Å²) < 4.78 is 13.2. The van der Waals surface area contributed by atoms with Gasteiger partial charge in [0, 0.05) is 0 Å². The molecule has 0 saturated carbocycles. The number of halogens is 2. The van der Waals surface area contributed by atoms with E-state index in [9.17, 15) is 4.39 Å². The second-order valence-corrected chi connectivity index (χ2v) is 2.52. The summed E-state index contributed by atoms with van der Waals surface area (Å²) in [6.45, 7) is 0. The van der Waals surface area contributed by atoms with Gasteiger partial charge in [0.15, 0.2) is 5.67 Å². The third-order valence-corrected chi connectivity index (χ3v) is 1.88. The van der Waals surface area contributed by atoms with E-state index in [1.165, 1.54) is 18.2 Å². The highest BCUT2D eigenvalue weighted by atomic mass is 35.5. The Morgan fingerprint density at radius 3 is 2.70 bits per heavy atom. The molecule has 56 valence electrons. The van der Waals surface area contributed by atoms with Gasteiger partial charge >= 0.3 is 0 Å². The molecule has 1 nitrogen and oxygen atoms in total. The smallest absolute Gasteiger partial charge is 0.172 e. The molecule has 0 aromatic carbocycles. The number of aliphatic hydroxyl groups excluding tert-OH is 1. The summed E-state index contributed by atoms with van der Waals surface area (Å²) in [4.78, 5) is 0. The Hall–Kier alpha value is -0.340. The molecule has 0 radical (unpaired) electrons. The van der Waals surface area contributed by atoms with Crippen LogP contribution in [0.4, 0.5) is 4.39 Å². The number of hydrogen-bond acceptors (Lipinski definition) is 1. The third-order valence-electron chi connectivity index (χ3n) is 1.47. The maximum atomic E-state index is 13.2. The van der Waals surface area contributed by atoms with Crippen molar-refractivity contribution >= 4 is 11.6 Å². The minimum atomic E-state index is -1.77. The minimum absolute atomic E-state index is 0.213. The fourth-order valence-electron chi connectivity index (χ4n) is 0.767. The first-order chi connectivity index (χ1) is 4.69. The summed E-state index contributed by atoms with van der Waals surface area (Å²) in [5.41, 5.74) is -1.77. The fourth-order valence-corrected chi connectivity index (χ4v) is 1.01. The second kappa shape index (κ2) is 2.72. The molecule has 0 aliphatic heterocycles. The van der Waals surface area contributed by atoms with Crippen LogP contribution in [0.2, 0.25) is 0 Å². The van der Waals surface area contributed by atoms with Crippen molar-refractivity contribution in [3.8, 4) is 0 Å². The Morgan fingerprint density at radius 2 is 2.30 bits per heavy atom. The van der Waals surface area contributed by atoms with E-state index in [-0.39, 0.29) is 5.88 Å². The van der Waals surface area contributed by atoms with E-state index in [4.69, 9.17) is 16.7 Å². The van der Waals surface area contributed by atoms with Crippen LogP contribution in [0, 0.1) is 0 Å². The van der Waals surface area contributed by atoms with Gasteiger partial charge in [0.1, 0.15) is 6.10 Å². The van der Waals surface area contributed by atoms with Crippen LogP contribution in [0.25, 0.3) is 0 Å². The standard InChI is InChI=1S/C7H8ClFO/c8-5-7(9)4-2-1-3-6(7)10/h1-4,6,10H,5H2. The maximum Gasteiger partial charge on any atom is 0.172 e. The Labute approximate surface area is 63.8 Å². The molecule has 1 N–H and O–H groups in total. The molecular weight excluding hydrogens is 155 g/mol. The van der Waals surface area contributed by atoms with Gasteiger partial charge in [-0.2, -0.15) is 0 Å². The van der Waals surface area contributed by atoms with E-state index < -0.39 is 11.8 Å². The first kappa shape index (κ1) is 7.76. The van der Waals surface area contributed by atoms with Gasteiger partial charge in [-0.05, 0) is 6.08 Å².